The van der Waals surface area contributed by atoms with Crippen LogP contribution in [0.4, 0.5) is 10.6 Å². The first-order chi connectivity index (χ1) is 12.0. The lowest BCUT2D eigenvalue weighted by Crippen LogP contribution is -2.38. The topological polar surface area (TPSA) is 79.8 Å². The summed E-state index contributed by atoms with van der Waals surface area (Å²) < 4.78 is 6.10. The van der Waals surface area contributed by atoms with Crippen molar-refractivity contribution < 1.29 is 19.1 Å². The Morgan fingerprint density at radius 2 is 1.76 bits per heavy atom. The van der Waals surface area contributed by atoms with Crippen molar-refractivity contribution in [1.29, 1.82) is 0 Å². The van der Waals surface area contributed by atoms with Gasteiger partial charge in [-0.3, -0.25) is 19.4 Å². The number of rotatable bonds is 3. The molecular weight excluding hydrogens is 390 g/mol. The van der Waals surface area contributed by atoms with Gasteiger partial charge >= 0.3 is 6.09 Å². The summed E-state index contributed by atoms with van der Waals surface area (Å²) >= 11 is 3.29. The van der Waals surface area contributed by atoms with Gasteiger partial charge in [0.1, 0.15) is 11.9 Å². The maximum atomic E-state index is 12.4. The molecule has 3 amide bonds. The predicted molar refractivity (Wildman–Crippen MR) is 91.4 cm³/mol. The quantitative estimate of drug-likeness (QED) is 0.737. The Balaban J connectivity index is 1.50. The molecule has 0 aliphatic carbocycles. The second-order valence-electron chi connectivity index (χ2n) is 5.72. The van der Waals surface area contributed by atoms with Gasteiger partial charge in [0.15, 0.2) is 0 Å². The molecule has 0 saturated carbocycles. The van der Waals surface area contributed by atoms with E-state index in [9.17, 15) is 14.4 Å². The highest BCUT2D eigenvalue weighted by Crippen LogP contribution is 2.26. The molecule has 0 spiro atoms. The van der Waals surface area contributed by atoms with Gasteiger partial charge in [-0.25, -0.2) is 9.78 Å². The monoisotopic (exact) mass is 401 g/mol. The largest absolute Gasteiger partial charge is 0.442 e. The van der Waals surface area contributed by atoms with Crippen LogP contribution in [0.15, 0.2) is 47.1 Å². The summed E-state index contributed by atoms with van der Waals surface area (Å²) in [5.41, 5.74) is 0.756. The lowest BCUT2D eigenvalue weighted by molar-refractivity contribution is 0.0558. The minimum atomic E-state index is -0.597. The summed E-state index contributed by atoms with van der Waals surface area (Å²) in [5, 5.41) is 0. The summed E-state index contributed by atoms with van der Waals surface area (Å²) in [5.74, 6) is -0.271. The van der Waals surface area contributed by atoms with E-state index in [0.29, 0.717) is 16.9 Å². The third-order valence-corrected chi connectivity index (χ3v) is 4.60. The van der Waals surface area contributed by atoms with E-state index < -0.39 is 12.2 Å². The zero-order valence-electron chi connectivity index (χ0n) is 12.9. The highest BCUT2D eigenvalue weighted by Gasteiger charge is 2.40. The van der Waals surface area contributed by atoms with E-state index in [2.05, 4.69) is 20.9 Å². The van der Waals surface area contributed by atoms with Gasteiger partial charge in [-0.15, -0.1) is 0 Å². The smallest absolute Gasteiger partial charge is 0.416 e. The number of nitrogens with zero attached hydrogens (tertiary/aromatic N) is 3. The van der Waals surface area contributed by atoms with Gasteiger partial charge < -0.3 is 4.74 Å². The number of hydrogen-bond acceptors (Lipinski definition) is 5. The number of pyridine rings is 1. The number of benzene rings is 1. The Morgan fingerprint density at radius 1 is 1.08 bits per heavy atom. The maximum absolute atomic E-state index is 12.4. The fourth-order valence-electron chi connectivity index (χ4n) is 2.94. The van der Waals surface area contributed by atoms with Crippen LogP contribution in [-0.2, 0) is 4.74 Å². The Morgan fingerprint density at radius 3 is 2.36 bits per heavy atom. The number of imide groups is 1. The minimum Gasteiger partial charge on any atom is -0.442 e. The number of carbonyl (C=O) groups excluding carboxylic acids is 3. The lowest BCUT2D eigenvalue weighted by Gasteiger charge is -2.17. The predicted octanol–water partition coefficient (Wildman–Crippen LogP) is 2.47. The van der Waals surface area contributed by atoms with Gasteiger partial charge in [-0.05, 0) is 40.2 Å². The molecule has 1 aromatic carbocycles. The van der Waals surface area contributed by atoms with Gasteiger partial charge in [-0.1, -0.05) is 12.1 Å². The van der Waals surface area contributed by atoms with Crippen molar-refractivity contribution in [3.05, 3.63) is 58.2 Å². The van der Waals surface area contributed by atoms with Crippen LogP contribution in [0.3, 0.4) is 0 Å². The molecule has 2 aliphatic rings. The molecule has 1 saturated heterocycles. The number of ether oxygens (including phenoxy) is 1. The Hall–Kier alpha value is -2.74. The molecule has 4 rings (SSSR count). The van der Waals surface area contributed by atoms with Crippen LogP contribution in [0.25, 0.3) is 0 Å². The zero-order chi connectivity index (χ0) is 17.6. The molecule has 0 N–H and O–H groups in total. The number of carbonyl (C=O) groups is 3. The summed E-state index contributed by atoms with van der Waals surface area (Å²) in [6.07, 6.45) is 0.441. The van der Waals surface area contributed by atoms with Gasteiger partial charge in [0, 0.05) is 10.7 Å². The minimum absolute atomic E-state index is 0.0190. The van der Waals surface area contributed by atoms with E-state index in [0.717, 1.165) is 9.37 Å². The molecule has 0 unspecified atom stereocenters. The third-order valence-electron chi connectivity index (χ3n) is 4.13. The van der Waals surface area contributed by atoms with Crippen molar-refractivity contribution in [2.75, 3.05) is 18.0 Å². The molecule has 1 atom stereocenters. The molecule has 3 heterocycles. The normalized spacial score (nSPS) is 19.4. The van der Waals surface area contributed by atoms with E-state index in [1.54, 1.807) is 42.6 Å². The number of cyclic esters (lactones) is 1. The molecule has 2 aliphatic heterocycles. The van der Waals surface area contributed by atoms with E-state index in [4.69, 9.17) is 4.74 Å². The summed E-state index contributed by atoms with van der Waals surface area (Å²) in [7, 11) is 0. The number of hydrogen-bond donors (Lipinski definition) is 0. The van der Waals surface area contributed by atoms with Crippen LogP contribution >= 0.6 is 15.9 Å². The van der Waals surface area contributed by atoms with Gasteiger partial charge in [0.2, 0.25) is 0 Å². The van der Waals surface area contributed by atoms with Gasteiger partial charge in [0.05, 0.1) is 24.2 Å². The second-order valence-corrected chi connectivity index (χ2v) is 6.63. The molecular formula is C17H12BrN3O4. The van der Waals surface area contributed by atoms with Crippen LogP contribution < -0.4 is 4.90 Å². The highest BCUT2D eigenvalue weighted by atomic mass is 79.9. The van der Waals surface area contributed by atoms with Crippen molar-refractivity contribution in [1.82, 2.24) is 9.88 Å². The van der Waals surface area contributed by atoms with E-state index in [-0.39, 0.29) is 24.9 Å². The summed E-state index contributed by atoms with van der Waals surface area (Å²) in [4.78, 5) is 43.6. The molecule has 1 aromatic heterocycles. The van der Waals surface area contributed by atoms with Crippen molar-refractivity contribution >= 4 is 39.7 Å². The number of anilines is 1. The standard InChI is InChI=1S/C17H12BrN3O4/c18-10-5-6-14(19-7-10)20-8-11(25-17(20)24)9-21-15(22)12-3-1-2-4-13(12)16(21)23/h1-7,11H,8-9H2/t11-/m1/s1. The molecule has 8 heteroatoms. The third kappa shape index (κ3) is 2.68. The molecule has 7 nitrogen and oxygen atoms in total. The number of fused-ring (bicyclic) bond motifs is 1. The molecule has 0 bridgehead atoms. The van der Waals surface area contributed by atoms with Crippen LogP contribution in [0.5, 0.6) is 0 Å². The van der Waals surface area contributed by atoms with Crippen LogP contribution in [-0.4, -0.2) is 47.0 Å². The van der Waals surface area contributed by atoms with Crippen molar-refractivity contribution in [2.24, 2.45) is 0 Å². The van der Waals surface area contributed by atoms with E-state index in [1.165, 1.54) is 4.90 Å². The Bertz CT molecular complexity index is 849. The van der Waals surface area contributed by atoms with Crippen LogP contribution in [0.1, 0.15) is 20.7 Å². The second kappa shape index (κ2) is 5.96. The number of halogens is 1. The number of aromatic nitrogens is 1. The average Bonchev–Trinajstić information content (AvgIpc) is 3.09. The SMILES string of the molecule is O=C1c2ccccc2C(=O)N1C[C@H]1CN(c2ccc(Br)cn2)C(=O)O1. The van der Waals surface area contributed by atoms with Crippen molar-refractivity contribution in [3.63, 3.8) is 0 Å². The van der Waals surface area contributed by atoms with Crippen molar-refractivity contribution in [2.45, 2.75) is 6.10 Å². The van der Waals surface area contributed by atoms with Crippen LogP contribution in [0, 0.1) is 0 Å². The van der Waals surface area contributed by atoms with Crippen molar-refractivity contribution in [3.8, 4) is 0 Å². The molecule has 126 valence electrons. The zero-order valence-corrected chi connectivity index (χ0v) is 14.5. The Kier molecular flexibility index (Phi) is 3.76. The summed E-state index contributed by atoms with van der Waals surface area (Å²) in [6, 6.07) is 10.1. The fourth-order valence-corrected chi connectivity index (χ4v) is 3.17. The molecule has 1 fully saturated rings. The molecule has 25 heavy (non-hydrogen) atoms. The Labute approximate surface area is 151 Å². The maximum Gasteiger partial charge on any atom is 0.416 e. The summed E-state index contributed by atoms with van der Waals surface area (Å²) in [6.45, 7) is 0.242. The highest BCUT2D eigenvalue weighted by molar-refractivity contribution is 9.10. The molecule has 0 radical (unpaired) electrons. The number of amides is 3. The van der Waals surface area contributed by atoms with E-state index >= 15 is 0 Å². The first-order valence-corrected chi connectivity index (χ1v) is 8.39. The van der Waals surface area contributed by atoms with Crippen LogP contribution in [0.2, 0.25) is 0 Å². The lowest BCUT2D eigenvalue weighted by atomic mass is 10.1. The fraction of sp³-hybridized carbons (Fsp3) is 0.176. The van der Waals surface area contributed by atoms with Gasteiger partial charge in [0.25, 0.3) is 11.8 Å². The first kappa shape index (κ1) is 15.8. The van der Waals surface area contributed by atoms with E-state index in [1.807, 2.05) is 0 Å². The first-order valence-electron chi connectivity index (χ1n) is 7.59. The average molecular weight is 402 g/mol. The molecule has 2 aromatic rings. The van der Waals surface area contributed by atoms with Gasteiger partial charge in [-0.2, -0.15) is 0 Å².